The molecule has 0 saturated carbocycles. The number of benzene rings is 1. The first-order chi connectivity index (χ1) is 8.15. The fraction of sp³-hybridized carbons (Fsp3) is 0.385. The third kappa shape index (κ3) is 5.31. The van der Waals surface area contributed by atoms with Crippen LogP contribution >= 0.6 is 22.6 Å². The van der Waals surface area contributed by atoms with Crippen molar-refractivity contribution in [2.45, 2.75) is 37.2 Å². The number of aliphatic hydroxyl groups is 1. The first kappa shape index (κ1) is 14.9. The van der Waals surface area contributed by atoms with Crippen molar-refractivity contribution in [1.82, 2.24) is 0 Å². The Morgan fingerprint density at radius 1 is 1.47 bits per heavy atom. The van der Waals surface area contributed by atoms with Crippen LogP contribution in [0.4, 0.5) is 0 Å². The smallest absolute Gasteiger partial charge is 0.0852 e. The molecule has 1 aromatic rings. The number of hydrogen-bond donors (Lipinski definition) is 1. The van der Waals surface area contributed by atoms with Gasteiger partial charge in [-0.15, -0.1) is 0 Å². The average molecular weight is 364 g/mol. The summed E-state index contributed by atoms with van der Waals surface area (Å²) < 4.78 is 12.7. The van der Waals surface area contributed by atoms with Crippen molar-refractivity contribution >= 4 is 33.4 Å². The second-order valence-electron chi connectivity index (χ2n) is 3.77. The molecule has 0 spiro atoms. The van der Waals surface area contributed by atoms with Gasteiger partial charge in [-0.2, -0.15) is 0 Å². The lowest BCUT2D eigenvalue weighted by Gasteiger charge is -2.08. The summed E-state index contributed by atoms with van der Waals surface area (Å²) in [5, 5.41) is 11.5. The average Bonchev–Trinajstić information content (AvgIpc) is 2.36. The van der Waals surface area contributed by atoms with Gasteiger partial charge in [-0.05, 0) is 41.1 Å². The predicted molar refractivity (Wildman–Crippen MR) is 80.5 cm³/mol. The molecule has 0 aromatic heterocycles. The number of unbranched alkanes of at least 4 members (excludes halogenated alkanes) is 1. The van der Waals surface area contributed by atoms with Crippen LogP contribution in [0.5, 0.6) is 0 Å². The van der Waals surface area contributed by atoms with Crippen molar-refractivity contribution < 1.29 is 9.32 Å². The number of rotatable bonds is 6. The van der Waals surface area contributed by atoms with Crippen molar-refractivity contribution in [3.05, 3.63) is 39.3 Å². The minimum absolute atomic E-state index is 0.483. The van der Waals surface area contributed by atoms with Gasteiger partial charge in [0.15, 0.2) is 0 Å². The van der Waals surface area contributed by atoms with E-state index in [9.17, 15) is 9.32 Å². The van der Waals surface area contributed by atoms with Crippen LogP contribution < -0.4 is 0 Å². The van der Waals surface area contributed by atoms with Crippen LogP contribution in [0, 0.1) is 0 Å². The molecule has 0 aliphatic rings. The summed E-state index contributed by atoms with van der Waals surface area (Å²) in [5.41, 5.74) is 0. The highest BCUT2D eigenvalue weighted by Crippen LogP contribution is 2.19. The van der Waals surface area contributed by atoms with Gasteiger partial charge in [-0.3, -0.25) is 0 Å². The largest absolute Gasteiger partial charge is 0.388 e. The van der Waals surface area contributed by atoms with Crippen molar-refractivity contribution in [3.63, 3.8) is 0 Å². The Kier molecular flexibility index (Phi) is 6.99. The van der Waals surface area contributed by atoms with Crippen molar-refractivity contribution in [2.75, 3.05) is 0 Å². The van der Waals surface area contributed by atoms with E-state index in [4.69, 9.17) is 0 Å². The maximum absolute atomic E-state index is 12.0. The Morgan fingerprint density at radius 3 is 2.71 bits per heavy atom. The lowest BCUT2D eigenvalue weighted by Crippen LogP contribution is -2.06. The second kappa shape index (κ2) is 8.00. The third-order valence-electron chi connectivity index (χ3n) is 2.34. The zero-order valence-electron chi connectivity index (χ0n) is 9.80. The molecule has 0 aliphatic heterocycles. The Balaban J connectivity index is 2.65. The monoisotopic (exact) mass is 364 g/mol. The Labute approximate surface area is 119 Å². The molecular formula is C13H17IO2S. The van der Waals surface area contributed by atoms with Gasteiger partial charge < -0.3 is 5.11 Å². The third-order valence-corrected chi connectivity index (χ3v) is 5.00. The van der Waals surface area contributed by atoms with E-state index >= 15 is 0 Å². The van der Waals surface area contributed by atoms with E-state index in [1.54, 1.807) is 5.41 Å². The molecule has 0 radical (unpaired) electrons. The zero-order chi connectivity index (χ0) is 12.7. The van der Waals surface area contributed by atoms with Gasteiger partial charge in [0.2, 0.25) is 0 Å². The summed E-state index contributed by atoms with van der Waals surface area (Å²) in [6.07, 6.45) is 2.29. The fourth-order valence-corrected chi connectivity index (χ4v) is 3.27. The van der Waals surface area contributed by atoms with Crippen molar-refractivity contribution in [3.8, 4) is 0 Å². The highest BCUT2D eigenvalue weighted by Gasteiger charge is 2.09. The SMILES string of the molecule is CCCCC(O)/C(I)=C\S(=O)c1ccccc1. The number of hydrogen-bond acceptors (Lipinski definition) is 2. The molecule has 0 fully saturated rings. The van der Waals surface area contributed by atoms with Gasteiger partial charge in [0.05, 0.1) is 16.9 Å². The minimum Gasteiger partial charge on any atom is -0.388 e. The molecule has 1 rings (SSSR count). The molecule has 2 atom stereocenters. The maximum atomic E-state index is 12.0. The molecule has 1 N–H and O–H groups in total. The zero-order valence-corrected chi connectivity index (χ0v) is 12.8. The Hall–Kier alpha value is -0.200. The molecular weight excluding hydrogens is 347 g/mol. The molecule has 1 aromatic carbocycles. The van der Waals surface area contributed by atoms with Gasteiger partial charge in [-0.1, -0.05) is 38.0 Å². The van der Waals surface area contributed by atoms with E-state index in [2.05, 4.69) is 29.5 Å². The van der Waals surface area contributed by atoms with Crippen molar-refractivity contribution in [2.24, 2.45) is 0 Å². The van der Waals surface area contributed by atoms with Crippen LogP contribution in [-0.2, 0) is 10.8 Å². The summed E-state index contributed by atoms with van der Waals surface area (Å²) in [4.78, 5) is 0.768. The Bertz CT molecular complexity index is 390. The van der Waals surface area contributed by atoms with E-state index in [1.807, 2.05) is 30.3 Å². The van der Waals surface area contributed by atoms with Gasteiger partial charge in [0, 0.05) is 13.9 Å². The van der Waals surface area contributed by atoms with Crippen LogP contribution in [0.15, 0.2) is 44.2 Å². The molecule has 17 heavy (non-hydrogen) atoms. The fourth-order valence-electron chi connectivity index (χ4n) is 1.34. The van der Waals surface area contributed by atoms with Gasteiger partial charge >= 0.3 is 0 Å². The topological polar surface area (TPSA) is 37.3 Å². The summed E-state index contributed by atoms with van der Waals surface area (Å²) in [6, 6.07) is 9.28. The highest BCUT2D eigenvalue weighted by molar-refractivity contribution is 14.1. The van der Waals surface area contributed by atoms with Gasteiger partial charge in [-0.25, -0.2) is 4.21 Å². The molecule has 0 aliphatic carbocycles. The summed E-state index contributed by atoms with van der Waals surface area (Å²) in [5.74, 6) is 0. The Morgan fingerprint density at radius 2 is 2.12 bits per heavy atom. The van der Waals surface area contributed by atoms with Crippen LogP contribution in [0.25, 0.3) is 0 Å². The number of halogens is 1. The lowest BCUT2D eigenvalue weighted by atomic mass is 10.2. The van der Waals surface area contributed by atoms with Crippen LogP contribution in [0.3, 0.4) is 0 Å². The maximum Gasteiger partial charge on any atom is 0.0852 e. The molecule has 0 saturated heterocycles. The predicted octanol–water partition coefficient (Wildman–Crippen LogP) is 3.62. The first-order valence-electron chi connectivity index (χ1n) is 5.66. The van der Waals surface area contributed by atoms with Crippen LogP contribution in [0.2, 0.25) is 0 Å². The minimum atomic E-state index is -1.17. The quantitative estimate of drug-likeness (QED) is 0.783. The van der Waals surface area contributed by atoms with Gasteiger partial charge in [0.1, 0.15) is 0 Å². The normalized spacial score (nSPS) is 15.6. The molecule has 0 amide bonds. The van der Waals surface area contributed by atoms with E-state index in [1.165, 1.54) is 0 Å². The van der Waals surface area contributed by atoms with E-state index < -0.39 is 16.9 Å². The molecule has 2 unspecified atom stereocenters. The summed E-state index contributed by atoms with van der Waals surface area (Å²) in [7, 11) is -1.17. The second-order valence-corrected chi connectivity index (χ2v) is 6.32. The standard InChI is InChI=1S/C13H17IO2S/c1-2-3-9-13(15)12(14)10-17(16)11-7-5-4-6-8-11/h4-8,10,13,15H,2-3,9H2,1H3/b12-10+. The van der Waals surface area contributed by atoms with Crippen LogP contribution in [-0.4, -0.2) is 15.4 Å². The number of aliphatic hydroxyl groups excluding tert-OH is 1. The van der Waals surface area contributed by atoms with E-state index in [-0.39, 0.29) is 0 Å². The molecule has 0 bridgehead atoms. The molecule has 2 nitrogen and oxygen atoms in total. The van der Waals surface area contributed by atoms with Crippen LogP contribution in [0.1, 0.15) is 26.2 Å². The first-order valence-corrected chi connectivity index (χ1v) is 7.95. The lowest BCUT2D eigenvalue weighted by molar-refractivity contribution is 0.207. The van der Waals surface area contributed by atoms with Crippen molar-refractivity contribution in [1.29, 1.82) is 0 Å². The van der Waals surface area contributed by atoms with E-state index in [0.717, 1.165) is 27.7 Å². The molecule has 94 valence electrons. The van der Waals surface area contributed by atoms with Gasteiger partial charge in [0.25, 0.3) is 0 Å². The summed E-state index contributed by atoms with van der Waals surface area (Å²) >= 11 is 2.07. The summed E-state index contributed by atoms with van der Waals surface area (Å²) in [6.45, 7) is 2.09. The molecule has 0 heterocycles. The molecule has 4 heteroatoms. The highest BCUT2D eigenvalue weighted by atomic mass is 127. The van der Waals surface area contributed by atoms with E-state index in [0.29, 0.717) is 0 Å².